The summed E-state index contributed by atoms with van der Waals surface area (Å²) in [6, 6.07) is 4.77. The van der Waals surface area contributed by atoms with Gasteiger partial charge in [-0.1, -0.05) is 0 Å². The summed E-state index contributed by atoms with van der Waals surface area (Å²) in [6.45, 7) is 8.14. The molecule has 2 unspecified atom stereocenters. The molecule has 0 bridgehead atoms. The Morgan fingerprint density at radius 1 is 1.39 bits per heavy atom. The minimum atomic E-state index is 0.333. The molecule has 0 spiro atoms. The number of nitrogens with zero attached hydrogens (tertiary/aromatic N) is 2. The highest BCUT2D eigenvalue weighted by Gasteiger charge is 2.44. The van der Waals surface area contributed by atoms with E-state index in [9.17, 15) is 0 Å². The summed E-state index contributed by atoms with van der Waals surface area (Å²) in [7, 11) is 0. The molecule has 1 N–H and O–H groups in total. The maximum Gasteiger partial charge on any atom is 0.0322 e. The van der Waals surface area contributed by atoms with Crippen molar-refractivity contribution in [2.24, 2.45) is 5.92 Å². The highest BCUT2D eigenvalue weighted by Crippen LogP contribution is 2.41. The first-order valence-corrected chi connectivity index (χ1v) is 7.08. The first-order valence-electron chi connectivity index (χ1n) is 7.08. The lowest BCUT2D eigenvalue weighted by Crippen LogP contribution is -2.60. The third-order valence-electron chi connectivity index (χ3n) is 4.67. The van der Waals surface area contributed by atoms with Gasteiger partial charge in [-0.2, -0.15) is 0 Å². The number of rotatable bonds is 3. The van der Waals surface area contributed by atoms with Crippen molar-refractivity contribution in [2.45, 2.75) is 38.3 Å². The molecule has 1 saturated carbocycles. The van der Waals surface area contributed by atoms with Gasteiger partial charge in [-0.05, 0) is 50.3 Å². The number of hydrogen-bond donors (Lipinski definition) is 1. The molecule has 3 rings (SSSR count). The lowest BCUT2D eigenvalue weighted by Gasteiger charge is -2.44. The van der Waals surface area contributed by atoms with E-state index in [-0.39, 0.29) is 0 Å². The van der Waals surface area contributed by atoms with Gasteiger partial charge in [-0.3, -0.25) is 9.88 Å². The highest BCUT2D eigenvalue weighted by atomic mass is 15.2. The zero-order valence-corrected chi connectivity index (χ0v) is 11.4. The zero-order valence-electron chi connectivity index (χ0n) is 11.4. The van der Waals surface area contributed by atoms with E-state index in [1.807, 2.05) is 12.4 Å². The molecule has 98 valence electrons. The van der Waals surface area contributed by atoms with Crippen LogP contribution in [-0.4, -0.2) is 35.1 Å². The number of aromatic nitrogens is 1. The second-order valence-electron chi connectivity index (χ2n) is 6.05. The molecule has 3 heteroatoms. The molecule has 1 aliphatic heterocycles. The first-order chi connectivity index (χ1) is 8.69. The summed E-state index contributed by atoms with van der Waals surface area (Å²) in [5.74, 6) is 0.893. The summed E-state index contributed by atoms with van der Waals surface area (Å²) in [4.78, 5) is 6.72. The van der Waals surface area contributed by atoms with Crippen molar-refractivity contribution in [1.82, 2.24) is 15.2 Å². The molecule has 0 radical (unpaired) electrons. The van der Waals surface area contributed by atoms with Crippen LogP contribution in [0.1, 0.15) is 38.3 Å². The van der Waals surface area contributed by atoms with E-state index in [2.05, 4.69) is 41.2 Å². The number of hydrogen-bond acceptors (Lipinski definition) is 3. The van der Waals surface area contributed by atoms with E-state index in [0.29, 0.717) is 11.6 Å². The van der Waals surface area contributed by atoms with Crippen LogP contribution in [0.5, 0.6) is 0 Å². The van der Waals surface area contributed by atoms with Gasteiger partial charge in [0.2, 0.25) is 0 Å². The Kier molecular flexibility index (Phi) is 3.12. The largest absolute Gasteiger partial charge is 0.309 e. The Labute approximate surface area is 110 Å². The highest BCUT2D eigenvalue weighted by molar-refractivity contribution is 5.15. The normalized spacial score (nSPS) is 31.2. The SMILES string of the molecule is CC(c1ccncc1)N1CCNC(C)(C2CC2)C1. The van der Waals surface area contributed by atoms with Crippen molar-refractivity contribution >= 4 is 0 Å². The Bertz CT molecular complexity index is 401. The Hall–Kier alpha value is -0.930. The van der Waals surface area contributed by atoms with E-state index in [1.54, 1.807) is 0 Å². The number of pyridine rings is 1. The topological polar surface area (TPSA) is 28.2 Å². The van der Waals surface area contributed by atoms with Gasteiger partial charge in [0, 0.05) is 43.6 Å². The van der Waals surface area contributed by atoms with E-state index < -0.39 is 0 Å². The fraction of sp³-hybridized carbons (Fsp3) is 0.667. The van der Waals surface area contributed by atoms with Crippen molar-refractivity contribution in [3.8, 4) is 0 Å². The second-order valence-corrected chi connectivity index (χ2v) is 6.05. The van der Waals surface area contributed by atoms with Crippen molar-refractivity contribution in [3.63, 3.8) is 0 Å². The van der Waals surface area contributed by atoms with Gasteiger partial charge >= 0.3 is 0 Å². The van der Waals surface area contributed by atoms with Crippen molar-refractivity contribution in [1.29, 1.82) is 0 Å². The summed E-state index contributed by atoms with van der Waals surface area (Å²) >= 11 is 0. The average Bonchev–Trinajstić information content (AvgIpc) is 3.24. The smallest absolute Gasteiger partial charge is 0.0322 e. The summed E-state index contributed by atoms with van der Waals surface area (Å²) in [5, 5.41) is 3.74. The van der Waals surface area contributed by atoms with Crippen LogP contribution in [0.15, 0.2) is 24.5 Å². The van der Waals surface area contributed by atoms with Crippen LogP contribution in [0.4, 0.5) is 0 Å². The standard InChI is InChI=1S/C15H23N3/c1-12(13-5-7-16-8-6-13)18-10-9-17-15(2,11-18)14-3-4-14/h5-8,12,14,17H,3-4,9-11H2,1-2H3. The molecule has 1 aromatic heterocycles. The summed E-state index contributed by atoms with van der Waals surface area (Å²) in [6.07, 6.45) is 6.60. The molecule has 2 atom stereocenters. The van der Waals surface area contributed by atoms with Gasteiger partial charge in [-0.25, -0.2) is 0 Å². The summed E-state index contributed by atoms with van der Waals surface area (Å²) in [5.41, 5.74) is 1.71. The number of piperazine rings is 1. The van der Waals surface area contributed by atoms with Crippen LogP contribution in [0.25, 0.3) is 0 Å². The third-order valence-corrected chi connectivity index (χ3v) is 4.67. The minimum absolute atomic E-state index is 0.333. The van der Waals surface area contributed by atoms with E-state index >= 15 is 0 Å². The van der Waals surface area contributed by atoms with E-state index in [0.717, 1.165) is 19.0 Å². The molecule has 1 aromatic rings. The monoisotopic (exact) mass is 245 g/mol. The lowest BCUT2D eigenvalue weighted by molar-refractivity contribution is 0.0945. The van der Waals surface area contributed by atoms with Crippen LogP contribution in [-0.2, 0) is 0 Å². The van der Waals surface area contributed by atoms with Crippen molar-refractivity contribution in [2.75, 3.05) is 19.6 Å². The van der Waals surface area contributed by atoms with E-state index in [1.165, 1.54) is 24.9 Å². The minimum Gasteiger partial charge on any atom is -0.309 e. The quantitative estimate of drug-likeness (QED) is 0.885. The molecule has 0 amide bonds. The molecule has 18 heavy (non-hydrogen) atoms. The van der Waals surface area contributed by atoms with Crippen molar-refractivity contribution < 1.29 is 0 Å². The first kappa shape index (κ1) is 12.1. The molecule has 0 aromatic carbocycles. The third kappa shape index (κ3) is 2.29. The molecule has 2 fully saturated rings. The molecule has 2 heterocycles. The van der Waals surface area contributed by atoms with Gasteiger partial charge in [0.25, 0.3) is 0 Å². The molecule has 1 saturated heterocycles. The van der Waals surface area contributed by atoms with Crippen LogP contribution >= 0.6 is 0 Å². The fourth-order valence-corrected chi connectivity index (χ4v) is 3.22. The maximum atomic E-state index is 4.11. The lowest BCUT2D eigenvalue weighted by atomic mass is 9.91. The Balaban J connectivity index is 1.72. The van der Waals surface area contributed by atoms with E-state index in [4.69, 9.17) is 0 Å². The maximum absolute atomic E-state index is 4.11. The van der Waals surface area contributed by atoms with Crippen LogP contribution in [0, 0.1) is 5.92 Å². The second kappa shape index (κ2) is 4.63. The molecular weight excluding hydrogens is 222 g/mol. The molecule has 1 aliphatic carbocycles. The molecule has 3 nitrogen and oxygen atoms in total. The molecular formula is C15H23N3. The van der Waals surface area contributed by atoms with Crippen molar-refractivity contribution in [3.05, 3.63) is 30.1 Å². The Morgan fingerprint density at radius 2 is 2.11 bits per heavy atom. The van der Waals surface area contributed by atoms with Gasteiger partial charge < -0.3 is 5.32 Å². The predicted octanol–water partition coefficient (Wildman–Crippen LogP) is 2.22. The number of nitrogens with one attached hydrogen (secondary N) is 1. The fourth-order valence-electron chi connectivity index (χ4n) is 3.22. The van der Waals surface area contributed by atoms with Gasteiger partial charge in [0.1, 0.15) is 0 Å². The van der Waals surface area contributed by atoms with Crippen LogP contribution in [0.3, 0.4) is 0 Å². The summed E-state index contributed by atoms with van der Waals surface area (Å²) < 4.78 is 0. The Morgan fingerprint density at radius 3 is 2.78 bits per heavy atom. The van der Waals surface area contributed by atoms with Gasteiger partial charge in [0.05, 0.1) is 0 Å². The predicted molar refractivity (Wildman–Crippen MR) is 73.4 cm³/mol. The zero-order chi connectivity index (χ0) is 12.6. The van der Waals surface area contributed by atoms with Gasteiger partial charge in [-0.15, -0.1) is 0 Å². The van der Waals surface area contributed by atoms with Crippen LogP contribution < -0.4 is 5.32 Å². The molecule has 2 aliphatic rings. The van der Waals surface area contributed by atoms with Crippen LogP contribution in [0.2, 0.25) is 0 Å². The van der Waals surface area contributed by atoms with Gasteiger partial charge in [0.15, 0.2) is 0 Å². The average molecular weight is 245 g/mol.